The van der Waals surface area contributed by atoms with Gasteiger partial charge >= 0.3 is 6.09 Å². The summed E-state index contributed by atoms with van der Waals surface area (Å²) < 4.78 is 20.5. The molecule has 3 N–H and O–H groups in total. The number of pyridine rings is 2. The summed E-state index contributed by atoms with van der Waals surface area (Å²) in [5.74, 6) is 3.69. The van der Waals surface area contributed by atoms with Gasteiger partial charge in [-0.3, -0.25) is 0 Å². The molecular formula is C47H60N12O4S2. The molecule has 10 rings (SSSR count). The number of carbonyl (C=O) groups is 1. The van der Waals surface area contributed by atoms with Crippen LogP contribution in [-0.4, -0.2) is 103 Å². The number of carbonyl (C=O) groups excluding carboxylic acids is 1. The number of methoxy groups -OCH3 is 2. The predicted molar refractivity (Wildman–Crippen MR) is 257 cm³/mol. The van der Waals surface area contributed by atoms with Crippen molar-refractivity contribution in [3.8, 4) is 34.3 Å². The zero-order valence-corrected chi connectivity index (χ0v) is 40.3. The average Bonchev–Trinajstić information content (AvgIpc) is 4.13. The summed E-state index contributed by atoms with van der Waals surface area (Å²) in [6.45, 7) is 17.8. The summed E-state index contributed by atoms with van der Waals surface area (Å²) in [6.07, 6.45) is 14.0. The van der Waals surface area contributed by atoms with Crippen LogP contribution in [0.3, 0.4) is 0 Å². The molecule has 0 saturated carbocycles. The number of nitrogens with zero attached hydrogens (tertiary/aromatic N) is 10. The first-order chi connectivity index (χ1) is 31.2. The van der Waals surface area contributed by atoms with Crippen molar-refractivity contribution in [1.29, 1.82) is 0 Å². The van der Waals surface area contributed by atoms with E-state index in [1.807, 2.05) is 54.3 Å². The highest BCUT2D eigenvalue weighted by Crippen LogP contribution is 2.41. The lowest BCUT2D eigenvalue weighted by molar-refractivity contribution is 0.0494. The Bertz CT molecular complexity index is 2730. The van der Waals surface area contributed by atoms with Gasteiger partial charge in [0.25, 0.3) is 0 Å². The number of nitrogens with one attached hydrogen (secondary N) is 1. The number of allylic oxidation sites excluding steroid dienone is 2. The highest BCUT2D eigenvalue weighted by Gasteiger charge is 2.41. The lowest BCUT2D eigenvalue weighted by Gasteiger charge is -2.30. The highest BCUT2D eigenvalue weighted by atomic mass is 32.1. The predicted octanol–water partition coefficient (Wildman–Crippen LogP) is 8.21. The molecule has 1 amide bonds. The minimum atomic E-state index is -0.524. The van der Waals surface area contributed by atoms with Crippen molar-refractivity contribution < 1.29 is 19.0 Å². The molecule has 6 aromatic rings. The number of alkyl carbamates (subject to hydrolysis) is 1. The van der Waals surface area contributed by atoms with Crippen molar-refractivity contribution >= 4 is 49.0 Å². The molecule has 65 heavy (non-hydrogen) atoms. The van der Waals surface area contributed by atoms with Crippen LogP contribution < -0.4 is 30.3 Å². The molecule has 6 aromatic heterocycles. The summed E-state index contributed by atoms with van der Waals surface area (Å²) in [5.41, 5.74) is 11.3. The quantitative estimate of drug-likeness (QED) is 0.133. The normalized spacial score (nSPS) is 22.7. The van der Waals surface area contributed by atoms with E-state index in [2.05, 4.69) is 94.2 Å². The SMILES string of the molecule is COc1nc(C(C)C)ccc1-c1cnc2sc(N3C[C@H]4CC=C[C@@H](N)[C@H]4C3)nn12.COc1nc(C(C)C)ccc1-c1cnc2sc(N3C[C@H]4CC=C[C@@H](NC(=O)OC(C)(C)C)[C@H]4C3)nn12. The molecule has 4 aliphatic rings. The molecule has 0 spiro atoms. The largest absolute Gasteiger partial charge is 0.480 e. The van der Waals surface area contributed by atoms with Gasteiger partial charge in [-0.1, -0.05) is 74.7 Å². The summed E-state index contributed by atoms with van der Waals surface area (Å²) in [7, 11) is 3.30. The fraction of sp³-hybridized carbons (Fsp3) is 0.511. The first-order valence-electron chi connectivity index (χ1n) is 22.6. The molecule has 344 valence electrons. The molecule has 0 bridgehead atoms. The monoisotopic (exact) mass is 920 g/mol. The Labute approximate surface area is 387 Å². The number of hydrogen-bond donors (Lipinski definition) is 2. The van der Waals surface area contributed by atoms with Gasteiger partial charge in [0.15, 0.2) is 0 Å². The van der Waals surface area contributed by atoms with Crippen molar-refractivity contribution in [3.05, 3.63) is 72.4 Å². The molecule has 0 radical (unpaired) electrons. The van der Waals surface area contributed by atoms with Crippen molar-refractivity contribution in [2.45, 2.75) is 90.8 Å². The van der Waals surface area contributed by atoms with E-state index in [4.69, 9.17) is 35.1 Å². The van der Waals surface area contributed by atoms with Crippen molar-refractivity contribution in [3.63, 3.8) is 0 Å². The maximum Gasteiger partial charge on any atom is 0.408 e. The van der Waals surface area contributed by atoms with E-state index < -0.39 is 5.60 Å². The van der Waals surface area contributed by atoms with Gasteiger partial charge in [-0.25, -0.2) is 33.8 Å². The van der Waals surface area contributed by atoms with Crippen molar-refractivity contribution in [1.82, 2.24) is 44.5 Å². The van der Waals surface area contributed by atoms with E-state index in [0.717, 1.165) is 93.1 Å². The Hall–Kier alpha value is -5.59. The summed E-state index contributed by atoms with van der Waals surface area (Å²) >= 11 is 3.20. The number of aromatic nitrogens is 8. The average molecular weight is 921 g/mol. The van der Waals surface area contributed by atoms with Crippen LogP contribution in [0.25, 0.3) is 32.4 Å². The molecule has 2 aliphatic heterocycles. The van der Waals surface area contributed by atoms with Crippen LogP contribution in [-0.2, 0) is 4.74 Å². The smallest absolute Gasteiger partial charge is 0.408 e. The van der Waals surface area contributed by atoms with Gasteiger partial charge in [-0.2, -0.15) is 0 Å². The van der Waals surface area contributed by atoms with Gasteiger partial charge in [0.2, 0.25) is 31.9 Å². The molecule has 18 heteroatoms. The maximum atomic E-state index is 12.4. The Morgan fingerprint density at radius 3 is 1.71 bits per heavy atom. The summed E-state index contributed by atoms with van der Waals surface area (Å²) in [4.78, 5) is 37.4. The molecule has 8 heterocycles. The molecule has 2 aliphatic carbocycles. The Balaban J connectivity index is 0.000000168. The maximum absolute atomic E-state index is 12.4. The Kier molecular flexibility index (Phi) is 12.4. The molecular weight excluding hydrogens is 861 g/mol. The summed E-state index contributed by atoms with van der Waals surface area (Å²) in [6, 6.07) is 8.26. The third kappa shape index (κ3) is 9.04. The number of anilines is 2. The Morgan fingerprint density at radius 2 is 1.23 bits per heavy atom. The van der Waals surface area contributed by atoms with Crippen LogP contribution in [0, 0.1) is 23.7 Å². The minimum Gasteiger partial charge on any atom is -0.480 e. The highest BCUT2D eigenvalue weighted by molar-refractivity contribution is 7.20. The number of hydrogen-bond acceptors (Lipinski definition) is 15. The van der Waals surface area contributed by atoms with Crippen molar-refractivity contribution in [2.24, 2.45) is 29.4 Å². The van der Waals surface area contributed by atoms with Crippen LogP contribution in [0.1, 0.15) is 84.5 Å². The van der Waals surface area contributed by atoms with Crippen LogP contribution in [0.4, 0.5) is 15.1 Å². The van der Waals surface area contributed by atoms with Crippen LogP contribution in [0.5, 0.6) is 11.8 Å². The lowest BCUT2D eigenvalue weighted by Crippen LogP contribution is -2.45. The van der Waals surface area contributed by atoms with Gasteiger partial charge in [0.05, 0.1) is 55.2 Å². The van der Waals surface area contributed by atoms with Gasteiger partial charge in [-0.05, 0) is 87.5 Å². The van der Waals surface area contributed by atoms with Gasteiger partial charge in [0, 0.05) is 49.5 Å². The zero-order valence-electron chi connectivity index (χ0n) is 38.6. The van der Waals surface area contributed by atoms with E-state index in [-0.39, 0.29) is 18.2 Å². The second-order valence-corrected chi connectivity index (χ2v) is 20.9. The first-order valence-corrected chi connectivity index (χ1v) is 24.2. The molecule has 16 nitrogen and oxygen atoms in total. The van der Waals surface area contributed by atoms with E-state index in [1.54, 1.807) is 36.9 Å². The van der Waals surface area contributed by atoms with Gasteiger partial charge < -0.3 is 35.1 Å². The van der Waals surface area contributed by atoms with Gasteiger partial charge in [-0.15, -0.1) is 10.2 Å². The minimum absolute atomic E-state index is 0.0574. The zero-order chi connectivity index (χ0) is 45.7. The lowest BCUT2D eigenvalue weighted by atomic mass is 9.82. The van der Waals surface area contributed by atoms with Crippen molar-refractivity contribution in [2.75, 3.05) is 50.2 Å². The second-order valence-electron chi connectivity index (χ2n) is 19.1. The van der Waals surface area contributed by atoms with E-state index in [9.17, 15) is 4.79 Å². The third-order valence-corrected chi connectivity index (χ3v) is 14.7. The topological polar surface area (TPSA) is 175 Å². The molecule has 0 aromatic carbocycles. The number of fused-ring (bicyclic) bond motifs is 4. The first kappa shape index (κ1) is 44.6. The number of ether oxygens (including phenoxy) is 3. The number of nitrogens with two attached hydrogens (primary N) is 1. The fourth-order valence-corrected chi connectivity index (χ4v) is 11.2. The third-order valence-electron chi connectivity index (χ3n) is 12.8. The molecule has 2 saturated heterocycles. The number of rotatable bonds is 9. The van der Waals surface area contributed by atoms with E-state index >= 15 is 0 Å². The number of imidazole rings is 2. The standard InChI is InChI=1S/C26H34N6O3S.C21H26N6OS/c1-15(2)19-11-10-17(22(28-19)34-6)21-12-27-23-32(21)30-24(36-23)31-13-16-8-7-9-20(18(16)14-31)29-25(33)35-26(3,4)5;1-12(2)17-8-7-14(19(24-17)28-3)18-9-23-20-27(18)25-21(29-20)26-10-13-5-4-6-16(22)15(13)11-26/h7,9-12,15-16,18,20H,8,13-14H2,1-6H3,(H,29,33);4,6-9,12-13,15-16H,5,10-11,22H2,1-3H3/t16-,18+,20-;13-,15+,16-/m11/s1. The molecule has 2 fully saturated rings. The second kappa shape index (κ2) is 18.0. The summed E-state index contributed by atoms with van der Waals surface area (Å²) in [5, 5.41) is 14.8. The van der Waals surface area contributed by atoms with Crippen LogP contribution >= 0.6 is 22.7 Å². The van der Waals surface area contributed by atoms with E-state index in [1.165, 1.54) is 0 Å². The molecule has 6 atom stereocenters. The fourth-order valence-electron chi connectivity index (χ4n) is 9.38. The Morgan fingerprint density at radius 1 is 0.738 bits per heavy atom. The van der Waals surface area contributed by atoms with Crippen LogP contribution in [0.2, 0.25) is 0 Å². The van der Waals surface area contributed by atoms with E-state index in [0.29, 0.717) is 47.3 Å². The van der Waals surface area contributed by atoms with Gasteiger partial charge in [0.1, 0.15) is 5.60 Å². The molecule has 0 unspecified atom stereocenters. The van der Waals surface area contributed by atoms with Crippen LogP contribution in [0.15, 0.2) is 61.0 Å². The number of amides is 1.